The van der Waals surface area contributed by atoms with Gasteiger partial charge in [0.15, 0.2) is 0 Å². The summed E-state index contributed by atoms with van der Waals surface area (Å²) in [6.07, 6.45) is 0. The zero-order valence-electron chi connectivity index (χ0n) is 19.8. The molecule has 0 aliphatic carbocycles. The van der Waals surface area contributed by atoms with E-state index in [0.717, 1.165) is 6.07 Å². The molecule has 186 valence electrons. The van der Waals surface area contributed by atoms with Crippen LogP contribution in [0.3, 0.4) is 0 Å². The minimum atomic E-state index is -4.18. The Bertz CT molecular complexity index is 1250. The van der Waals surface area contributed by atoms with Gasteiger partial charge in [-0.2, -0.15) is 4.31 Å². The van der Waals surface area contributed by atoms with Gasteiger partial charge in [0.05, 0.1) is 38.3 Å². The average molecular weight is 503 g/mol. The van der Waals surface area contributed by atoms with Gasteiger partial charge in [-0.3, -0.25) is 10.1 Å². The van der Waals surface area contributed by atoms with Crippen LogP contribution < -0.4 is 18.9 Å². The second kappa shape index (κ2) is 11.1. The number of methoxy groups -OCH3 is 4. The molecule has 10 nitrogen and oxygen atoms in total. The summed E-state index contributed by atoms with van der Waals surface area (Å²) in [6.45, 7) is -0.152. The number of hydrogen-bond acceptors (Lipinski definition) is 8. The fourth-order valence-electron chi connectivity index (χ4n) is 3.48. The Morgan fingerprint density at radius 2 is 1.29 bits per heavy atom. The van der Waals surface area contributed by atoms with Crippen molar-refractivity contribution < 1.29 is 32.3 Å². The van der Waals surface area contributed by atoms with Crippen LogP contribution in [0.15, 0.2) is 65.6 Å². The highest BCUT2D eigenvalue weighted by molar-refractivity contribution is 7.89. The molecule has 3 aromatic carbocycles. The molecule has 0 aliphatic heterocycles. The highest BCUT2D eigenvalue weighted by atomic mass is 32.2. The minimum absolute atomic E-state index is 0.0760. The zero-order chi connectivity index (χ0) is 25.6. The Balaban J connectivity index is 2.10. The van der Waals surface area contributed by atoms with Gasteiger partial charge in [0.25, 0.3) is 5.69 Å². The third-order valence-corrected chi connectivity index (χ3v) is 7.14. The molecule has 0 fully saturated rings. The van der Waals surface area contributed by atoms with Gasteiger partial charge in [0.2, 0.25) is 10.0 Å². The van der Waals surface area contributed by atoms with E-state index in [2.05, 4.69) is 0 Å². The molecular formula is C24H26N2O8S. The van der Waals surface area contributed by atoms with Crippen molar-refractivity contribution in [2.45, 2.75) is 18.0 Å². The molecule has 3 rings (SSSR count). The number of sulfonamides is 1. The molecular weight excluding hydrogens is 476 g/mol. The Labute approximate surface area is 203 Å². The molecule has 0 radical (unpaired) electrons. The van der Waals surface area contributed by atoms with E-state index < -0.39 is 14.9 Å². The van der Waals surface area contributed by atoms with Crippen LogP contribution in [0.2, 0.25) is 0 Å². The molecule has 0 unspecified atom stereocenters. The van der Waals surface area contributed by atoms with E-state index in [1.165, 1.54) is 50.9 Å². The van der Waals surface area contributed by atoms with Crippen LogP contribution in [0.5, 0.6) is 23.0 Å². The first-order chi connectivity index (χ1) is 16.7. The number of non-ortho nitro benzene ring substituents is 1. The van der Waals surface area contributed by atoms with Crippen LogP contribution in [0.25, 0.3) is 0 Å². The van der Waals surface area contributed by atoms with Crippen LogP contribution in [0, 0.1) is 10.1 Å². The molecule has 0 saturated carbocycles. The number of benzene rings is 3. The standard InChI is InChI=1S/C24H26N2O8S/c1-31-20-10-8-17(23(13-20)33-3)15-25(16-18-9-11-21(32-2)14-24(18)34-4)35(29,30)22-7-5-6-19(12-22)26(27)28/h5-14H,15-16H2,1-4H3. The van der Waals surface area contributed by atoms with Gasteiger partial charge in [0, 0.05) is 48.5 Å². The van der Waals surface area contributed by atoms with Crippen molar-refractivity contribution in [3.63, 3.8) is 0 Å². The fourth-order valence-corrected chi connectivity index (χ4v) is 4.91. The van der Waals surface area contributed by atoms with Crippen LogP contribution in [0.1, 0.15) is 11.1 Å². The largest absolute Gasteiger partial charge is 0.497 e. The fraction of sp³-hybridized carbons (Fsp3) is 0.250. The molecule has 0 amide bonds. The first kappa shape index (κ1) is 25.8. The van der Waals surface area contributed by atoms with Gasteiger partial charge < -0.3 is 18.9 Å². The maximum atomic E-state index is 13.7. The average Bonchev–Trinajstić information content (AvgIpc) is 2.88. The number of nitro benzene ring substituents is 1. The molecule has 0 saturated heterocycles. The Morgan fingerprint density at radius 1 is 0.771 bits per heavy atom. The van der Waals surface area contributed by atoms with Crippen LogP contribution in [-0.4, -0.2) is 46.1 Å². The molecule has 0 atom stereocenters. The highest BCUT2D eigenvalue weighted by Crippen LogP contribution is 2.32. The maximum absolute atomic E-state index is 13.7. The van der Waals surface area contributed by atoms with Crippen LogP contribution in [-0.2, 0) is 23.1 Å². The normalized spacial score (nSPS) is 11.2. The maximum Gasteiger partial charge on any atom is 0.270 e. The SMILES string of the molecule is COc1ccc(CN(Cc2ccc(OC)cc2OC)S(=O)(=O)c2cccc([N+](=O)[O-])c2)c(OC)c1. The van der Waals surface area contributed by atoms with Gasteiger partial charge in [-0.05, 0) is 18.2 Å². The molecule has 0 bridgehead atoms. The Morgan fingerprint density at radius 3 is 1.71 bits per heavy atom. The second-order valence-corrected chi connectivity index (χ2v) is 9.32. The Hall–Kier alpha value is -3.83. The van der Waals surface area contributed by atoms with E-state index in [9.17, 15) is 18.5 Å². The molecule has 3 aromatic rings. The molecule has 0 aliphatic rings. The minimum Gasteiger partial charge on any atom is -0.497 e. The van der Waals surface area contributed by atoms with Crippen molar-refractivity contribution >= 4 is 15.7 Å². The van der Waals surface area contributed by atoms with Gasteiger partial charge in [-0.15, -0.1) is 0 Å². The quantitative estimate of drug-likeness (QED) is 0.285. The number of hydrogen-bond donors (Lipinski definition) is 0. The first-order valence-corrected chi connectivity index (χ1v) is 11.8. The van der Waals surface area contributed by atoms with E-state index in [4.69, 9.17) is 18.9 Å². The third-order valence-electron chi connectivity index (χ3n) is 5.35. The predicted molar refractivity (Wildman–Crippen MR) is 129 cm³/mol. The van der Waals surface area contributed by atoms with Gasteiger partial charge in [0.1, 0.15) is 23.0 Å². The summed E-state index contributed by atoms with van der Waals surface area (Å²) >= 11 is 0. The van der Waals surface area contributed by atoms with E-state index >= 15 is 0 Å². The number of ether oxygens (including phenoxy) is 4. The van der Waals surface area contributed by atoms with Gasteiger partial charge >= 0.3 is 0 Å². The van der Waals surface area contributed by atoms with Crippen molar-refractivity contribution in [1.29, 1.82) is 0 Å². The van der Waals surface area contributed by atoms with E-state index in [1.54, 1.807) is 36.4 Å². The lowest BCUT2D eigenvalue weighted by molar-refractivity contribution is -0.385. The van der Waals surface area contributed by atoms with Crippen molar-refractivity contribution in [3.8, 4) is 23.0 Å². The summed E-state index contributed by atoms with van der Waals surface area (Å²) in [4.78, 5) is 10.4. The lowest BCUT2D eigenvalue weighted by atomic mass is 10.1. The predicted octanol–water partition coefficient (Wildman–Crippen LogP) is 4.02. The smallest absolute Gasteiger partial charge is 0.270 e. The molecule has 0 spiro atoms. The zero-order valence-corrected chi connectivity index (χ0v) is 20.6. The number of nitro groups is 1. The topological polar surface area (TPSA) is 117 Å². The van der Waals surface area contributed by atoms with Crippen LogP contribution in [0.4, 0.5) is 5.69 Å². The molecule has 11 heteroatoms. The second-order valence-electron chi connectivity index (χ2n) is 7.38. The summed E-state index contributed by atoms with van der Waals surface area (Å²) in [5.41, 5.74) is 0.833. The third kappa shape index (κ3) is 5.81. The summed E-state index contributed by atoms with van der Waals surface area (Å²) in [6, 6.07) is 15.1. The molecule has 0 heterocycles. The lowest BCUT2D eigenvalue weighted by Gasteiger charge is -2.24. The van der Waals surface area contributed by atoms with E-state index in [1.807, 2.05) is 0 Å². The summed E-state index contributed by atoms with van der Waals surface area (Å²) in [5, 5.41) is 11.3. The number of nitrogens with zero attached hydrogens (tertiary/aromatic N) is 2. The van der Waals surface area contributed by atoms with Gasteiger partial charge in [-0.1, -0.05) is 18.2 Å². The monoisotopic (exact) mass is 502 g/mol. The summed E-state index contributed by atoms with van der Waals surface area (Å²) in [7, 11) is 1.81. The van der Waals surface area contributed by atoms with Gasteiger partial charge in [-0.25, -0.2) is 8.42 Å². The summed E-state index contributed by atoms with van der Waals surface area (Å²) < 4.78 is 50.0. The van der Waals surface area contributed by atoms with Crippen LogP contribution >= 0.6 is 0 Å². The molecule has 0 aromatic heterocycles. The van der Waals surface area contributed by atoms with Crippen molar-refractivity contribution in [3.05, 3.63) is 81.9 Å². The summed E-state index contributed by atoms with van der Waals surface area (Å²) in [5.74, 6) is 1.97. The van der Waals surface area contributed by atoms with Crippen molar-refractivity contribution in [2.24, 2.45) is 0 Å². The molecule has 35 heavy (non-hydrogen) atoms. The lowest BCUT2D eigenvalue weighted by Crippen LogP contribution is -2.30. The highest BCUT2D eigenvalue weighted by Gasteiger charge is 2.28. The van der Waals surface area contributed by atoms with E-state index in [0.29, 0.717) is 34.1 Å². The van der Waals surface area contributed by atoms with E-state index in [-0.39, 0.29) is 23.7 Å². The Kier molecular flexibility index (Phi) is 8.15. The van der Waals surface area contributed by atoms with Crippen molar-refractivity contribution in [2.75, 3.05) is 28.4 Å². The number of rotatable bonds is 11. The first-order valence-electron chi connectivity index (χ1n) is 10.4. The van der Waals surface area contributed by atoms with Crippen molar-refractivity contribution in [1.82, 2.24) is 4.31 Å². The molecule has 0 N–H and O–H groups in total.